The van der Waals surface area contributed by atoms with Crippen molar-refractivity contribution in [3.8, 4) is 23.0 Å². The number of aliphatic imine (C=N–C) groups is 1. The first-order valence-electron chi connectivity index (χ1n) is 9.44. The van der Waals surface area contributed by atoms with Crippen LogP contribution in [0.2, 0.25) is 5.02 Å². The Morgan fingerprint density at radius 3 is 2.70 bits per heavy atom. The average Bonchev–Trinajstić information content (AvgIpc) is 2.79. The van der Waals surface area contributed by atoms with Crippen LogP contribution in [0.25, 0.3) is 0 Å². The van der Waals surface area contributed by atoms with Gasteiger partial charge in [-0.05, 0) is 53.9 Å². The summed E-state index contributed by atoms with van der Waals surface area (Å²) in [7, 11) is 0. The lowest BCUT2D eigenvalue weighted by Crippen LogP contribution is -2.29. The van der Waals surface area contributed by atoms with Gasteiger partial charge in [-0.1, -0.05) is 35.9 Å². The van der Waals surface area contributed by atoms with Crippen molar-refractivity contribution in [2.24, 2.45) is 4.99 Å². The van der Waals surface area contributed by atoms with Crippen LogP contribution in [-0.2, 0) is 6.54 Å². The van der Waals surface area contributed by atoms with E-state index in [4.69, 9.17) is 25.8 Å². The highest BCUT2D eigenvalue weighted by Crippen LogP contribution is 2.40. The molecule has 0 saturated heterocycles. The zero-order valence-corrected chi connectivity index (χ0v) is 17.4. The van der Waals surface area contributed by atoms with Crippen molar-refractivity contribution < 1.29 is 14.2 Å². The molecule has 5 rings (SSSR count). The largest absolute Gasteiger partial charge is 0.486 e. The normalized spacial score (nSPS) is 15.7. The highest BCUT2D eigenvalue weighted by Gasteiger charge is 2.19. The fraction of sp³-hybridized carbons (Fsp3) is 0.136. The van der Waals surface area contributed by atoms with E-state index in [2.05, 4.69) is 15.0 Å². The summed E-state index contributed by atoms with van der Waals surface area (Å²) in [4.78, 5) is 5.67. The van der Waals surface area contributed by atoms with Gasteiger partial charge in [0.2, 0.25) is 5.96 Å². The van der Waals surface area contributed by atoms with E-state index >= 15 is 0 Å². The van der Waals surface area contributed by atoms with E-state index in [1.165, 1.54) is 11.9 Å². The number of para-hydroxylation sites is 2. The summed E-state index contributed by atoms with van der Waals surface area (Å²) in [5.41, 5.74) is 1.88. The molecule has 6 nitrogen and oxygen atoms in total. The molecule has 8 heteroatoms. The molecule has 0 aromatic heterocycles. The Morgan fingerprint density at radius 1 is 0.967 bits per heavy atom. The molecule has 152 valence electrons. The SMILES string of the molecule is Clc1ccccc1Oc1cccc2c1NC(=NCc1ccc3c(c1)OCCO3)NS2. The van der Waals surface area contributed by atoms with Crippen LogP contribution in [0.5, 0.6) is 23.0 Å². The third-order valence-corrected chi connectivity index (χ3v) is 5.74. The van der Waals surface area contributed by atoms with Gasteiger partial charge in [-0.15, -0.1) is 0 Å². The smallest absolute Gasteiger partial charge is 0.206 e. The first-order chi connectivity index (χ1) is 14.8. The van der Waals surface area contributed by atoms with E-state index in [0.29, 0.717) is 42.2 Å². The molecule has 2 aliphatic heterocycles. The van der Waals surface area contributed by atoms with Crippen LogP contribution < -0.4 is 24.2 Å². The van der Waals surface area contributed by atoms with Crippen LogP contribution in [0.1, 0.15) is 5.56 Å². The Hall–Kier alpha value is -3.03. The molecule has 3 aromatic rings. The number of hydrogen-bond donors (Lipinski definition) is 2. The van der Waals surface area contributed by atoms with Crippen LogP contribution >= 0.6 is 23.5 Å². The molecule has 0 fully saturated rings. The average molecular weight is 440 g/mol. The van der Waals surface area contributed by atoms with E-state index in [9.17, 15) is 0 Å². The van der Waals surface area contributed by atoms with Crippen LogP contribution in [0.3, 0.4) is 0 Å². The highest BCUT2D eigenvalue weighted by atomic mass is 35.5. The number of nitrogens with zero attached hydrogens (tertiary/aromatic N) is 1. The van der Waals surface area contributed by atoms with Crippen LogP contribution in [0.4, 0.5) is 5.69 Å². The number of benzene rings is 3. The first-order valence-corrected chi connectivity index (χ1v) is 10.6. The van der Waals surface area contributed by atoms with Gasteiger partial charge in [0.05, 0.1) is 22.2 Å². The third kappa shape index (κ3) is 3.99. The molecule has 0 saturated carbocycles. The van der Waals surface area contributed by atoms with E-state index in [0.717, 1.165) is 27.6 Å². The predicted molar refractivity (Wildman–Crippen MR) is 119 cm³/mol. The minimum Gasteiger partial charge on any atom is -0.486 e. The van der Waals surface area contributed by atoms with Crippen molar-refractivity contribution in [3.05, 3.63) is 71.2 Å². The second-order valence-electron chi connectivity index (χ2n) is 6.63. The lowest BCUT2D eigenvalue weighted by molar-refractivity contribution is 0.171. The molecule has 30 heavy (non-hydrogen) atoms. The van der Waals surface area contributed by atoms with Crippen molar-refractivity contribution in [1.29, 1.82) is 0 Å². The maximum absolute atomic E-state index is 6.25. The Morgan fingerprint density at radius 2 is 1.80 bits per heavy atom. The van der Waals surface area contributed by atoms with E-state index < -0.39 is 0 Å². The lowest BCUT2D eigenvalue weighted by atomic mass is 10.2. The van der Waals surface area contributed by atoms with Gasteiger partial charge in [0.1, 0.15) is 19.0 Å². The van der Waals surface area contributed by atoms with Crippen molar-refractivity contribution in [2.45, 2.75) is 11.4 Å². The summed E-state index contributed by atoms with van der Waals surface area (Å²) in [6, 6.07) is 19.1. The first kappa shape index (κ1) is 19.0. The quantitative estimate of drug-likeness (QED) is 0.524. The molecule has 2 heterocycles. The van der Waals surface area contributed by atoms with Gasteiger partial charge in [-0.2, -0.15) is 0 Å². The van der Waals surface area contributed by atoms with Gasteiger partial charge in [0.15, 0.2) is 17.2 Å². The number of anilines is 1. The maximum atomic E-state index is 6.25. The number of hydrogen-bond acceptors (Lipinski definition) is 5. The summed E-state index contributed by atoms with van der Waals surface area (Å²) in [6.07, 6.45) is 0. The monoisotopic (exact) mass is 439 g/mol. The Labute approximate surface area is 183 Å². The van der Waals surface area contributed by atoms with E-state index in [1.807, 2.05) is 54.6 Å². The second kappa shape index (κ2) is 8.38. The number of halogens is 1. The van der Waals surface area contributed by atoms with Crippen LogP contribution in [0.15, 0.2) is 70.6 Å². The number of nitrogens with one attached hydrogen (secondary N) is 2. The molecule has 2 aliphatic rings. The number of guanidine groups is 1. The molecule has 3 aromatic carbocycles. The highest BCUT2D eigenvalue weighted by molar-refractivity contribution is 7.98. The fourth-order valence-electron chi connectivity index (χ4n) is 3.13. The topological polar surface area (TPSA) is 64.1 Å². The lowest BCUT2D eigenvalue weighted by Gasteiger charge is -2.23. The summed E-state index contributed by atoms with van der Waals surface area (Å²) >= 11 is 7.73. The zero-order chi connectivity index (χ0) is 20.3. The fourth-order valence-corrected chi connectivity index (χ4v) is 4.02. The van der Waals surface area contributed by atoms with Gasteiger partial charge < -0.3 is 19.5 Å². The number of ether oxygens (including phenoxy) is 3. The van der Waals surface area contributed by atoms with E-state index in [-0.39, 0.29) is 0 Å². The standard InChI is InChI=1S/C22H18ClN3O3S/c23-15-4-1-2-5-16(15)29-18-6-3-7-20-21(18)25-22(26-30-20)24-13-14-8-9-17-19(12-14)28-11-10-27-17/h1-9,12H,10-11,13H2,(H2,24,25,26). The molecule has 0 amide bonds. The minimum absolute atomic E-state index is 0.495. The molecule has 0 unspecified atom stereocenters. The Kier molecular flexibility index (Phi) is 5.29. The van der Waals surface area contributed by atoms with Gasteiger partial charge >= 0.3 is 0 Å². The van der Waals surface area contributed by atoms with Gasteiger partial charge in [-0.25, -0.2) is 4.99 Å². The molecule has 0 radical (unpaired) electrons. The van der Waals surface area contributed by atoms with Crippen molar-refractivity contribution in [1.82, 2.24) is 4.72 Å². The second-order valence-corrected chi connectivity index (χ2v) is 7.89. The molecular weight excluding hydrogens is 422 g/mol. The van der Waals surface area contributed by atoms with Gasteiger partial charge in [0.25, 0.3) is 0 Å². The van der Waals surface area contributed by atoms with E-state index in [1.54, 1.807) is 6.07 Å². The van der Waals surface area contributed by atoms with Crippen molar-refractivity contribution >= 4 is 35.2 Å². The molecular formula is C22H18ClN3O3S. The summed E-state index contributed by atoms with van der Waals surface area (Å²) < 4.78 is 20.5. The van der Waals surface area contributed by atoms with Crippen LogP contribution in [-0.4, -0.2) is 19.2 Å². The Balaban J connectivity index is 1.35. The summed E-state index contributed by atoms with van der Waals surface area (Å²) in [6.45, 7) is 1.64. The van der Waals surface area contributed by atoms with Crippen LogP contribution in [0, 0.1) is 0 Å². The third-order valence-electron chi connectivity index (χ3n) is 4.57. The summed E-state index contributed by atoms with van der Waals surface area (Å²) in [5, 5.41) is 3.89. The maximum Gasteiger partial charge on any atom is 0.206 e. The minimum atomic E-state index is 0.495. The molecule has 0 spiro atoms. The number of fused-ring (bicyclic) bond motifs is 2. The summed E-state index contributed by atoms with van der Waals surface area (Å²) in [5.74, 6) is 3.47. The number of rotatable bonds is 4. The van der Waals surface area contributed by atoms with Gasteiger partial charge in [0, 0.05) is 0 Å². The van der Waals surface area contributed by atoms with Crippen molar-refractivity contribution in [2.75, 3.05) is 18.5 Å². The van der Waals surface area contributed by atoms with Crippen molar-refractivity contribution in [3.63, 3.8) is 0 Å². The van der Waals surface area contributed by atoms with Gasteiger partial charge in [-0.3, -0.25) is 4.72 Å². The zero-order valence-electron chi connectivity index (χ0n) is 15.9. The molecule has 2 N–H and O–H groups in total. The predicted octanol–water partition coefficient (Wildman–Crippen LogP) is 5.48. The molecule has 0 aliphatic carbocycles. The molecule has 0 atom stereocenters. The molecule has 0 bridgehead atoms. The Bertz CT molecular complexity index is 1120.